The molecular weight excluding hydrogens is 320 g/mol. The van der Waals surface area contributed by atoms with Crippen molar-refractivity contribution in [2.45, 2.75) is 38.8 Å². The molecule has 2 rings (SSSR count). The van der Waals surface area contributed by atoms with Gasteiger partial charge in [-0.2, -0.15) is 5.10 Å². The zero-order valence-electron chi connectivity index (χ0n) is 12.8. The van der Waals surface area contributed by atoms with Crippen LogP contribution in [0.25, 0.3) is 0 Å². The Kier molecular flexibility index (Phi) is 4.89. The van der Waals surface area contributed by atoms with Crippen LogP contribution < -0.4 is 5.73 Å². The summed E-state index contributed by atoms with van der Waals surface area (Å²) in [5, 5.41) is 4.44. The van der Waals surface area contributed by atoms with Gasteiger partial charge < -0.3 is 10.5 Å². The molecule has 0 aliphatic carbocycles. The van der Waals surface area contributed by atoms with Crippen LogP contribution in [0, 0.1) is 6.92 Å². The molecule has 1 fully saturated rings. The molecule has 0 spiro atoms. The van der Waals surface area contributed by atoms with E-state index < -0.39 is 0 Å². The average Bonchev–Trinajstić information content (AvgIpc) is 2.66. The Morgan fingerprint density at radius 2 is 2.00 bits per heavy atom. The lowest BCUT2D eigenvalue weighted by Gasteiger charge is -2.44. The van der Waals surface area contributed by atoms with Gasteiger partial charge in [0.2, 0.25) is 0 Å². The van der Waals surface area contributed by atoms with Crippen LogP contribution in [-0.2, 0) is 18.2 Å². The first-order chi connectivity index (χ1) is 9.34. The molecule has 0 radical (unpaired) electrons. The molecule has 2 heterocycles. The second-order valence-corrected chi connectivity index (χ2v) is 6.83. The molecule has 1 aliphatic heterocycles. The van der Waals surface area contributed by atoms with Crippen molar-refractivity contribution in [3.63, 3.8) is 0 Å². The second kappa shape index (κ2) is 6.13. The van der Waals surface area contributed by atoms with Crippen molar-refractivity contribution >= 4 is 15.9 Å². The Labute approximate surface area is 129 Å². The van der Waals surface area contributed by atoms with E-state index >= 15 is 0 Å². The van der Waals surface area contributed by atoms with Crippen LogP contribution in [0.3, 0.4) is 0 Å². The Morgan fingerprint density at radius 1 is 1.40 bits per heavy atom. The van der Waals surface area contributed by atoms with Gasteiger partial charge >= 0.3 is 0 Å². The largest absolute Gasteiger partial charge is 0.379 e. The maximum absolute atomic E-state index is 6.52. The number of hydrogen-bond donors (Lipinski definition) is 1. The van der Waals surface area contributed by atoms with Crippen molar-refractivity contribution in [1.29, 1.82) is 0 Å². The van der Waals surface area contributed by atoms with Crippen molar-refractivity contribution in [2.75, 3.05) is 26.3 Å². The van der Waals surface area contributed by atoms with Crippen LogP contribution in [0.1, 0.15) is 25.2 Å². The predicted octanol–water partition coefficient (Wildman–Crippen LogP) is 1.47. The monoisotopic (exact) mass is 344 g/mol. The molecule has 2 N–H and O–H groups in total. The minimum Gasteiger partial charge on any atom is -0.379 e. The molecule has 0 aromatic carbocycles. The van der Waals surface area contributed by atoms with Crippen LogP contribution in [0.5, 0.6) is 0 Å². The van der Waals surface area contributed by atoms with Gasteiger partial charge in [0.1, 0.15) is 0 Å². The number of hydrogen-bond acceptors (Lipinski definition) is 4. The SMILES string of the molecule is Cc1nn(C)c(CC(N)C(C)(C)N2CCOCC2)c1Br. The van der Waals surface area contributed by atoms with Crippen molar-refractivity contribution in [1.82, 2.24) is 14.7 Å². The Bertz CT molecular complexity index is 466. The first-order valence-electron chi connectivity index (χ1n) is 7.10. The fourth-order valence-electron chi connectivity index (χ4n) is 2.73. The highest BCUT2D eigenvalue weighted by Crippen LogP contribution is 2.26. The predicted molar refractivity (Wildman–Crippen MR) is 83.8 cm³/mol. The first-order valence-corrected chi connectivity index (χ1v) is 7.89. The van der Waals surface area contributed by atoms with Crippen molar-refractivity contribution in [3.05, 3.63) is 15.9 Å². The second-order valence-electron chi connectivity index (χ2n) is 6.03. The molecule has 0 amide bonds. The van der Waals surface area contributed by atoms with Crippen molar-refractivity contribution in [2.24, 2.45) is 12.8 Å². The van der Waals surface area contributed by atoms with E-state index in [9.17, 15) is 0 Å². The molecule has 20 heavy (non-hydrogen) atoms. The number of nitrogens with two attached hydrogens (primary N) is 1. The molecule has 1 aromatic rings. The fraction of sp³-hybridized carbons (Fsp3) is 0.786. The minimum atomic E-state index is -0.0542. The third-order valence-corrected chi connectivity index (χ3v) is 5.44. The van der Waals surface area contributed by atoms with Crippen LogP contribution in [-0.4, -0.2) is 52.6 Å². The average molecular weight is 345 g/mol. The van der Waals surface area contributed by atoms with Crippen LogP contribution in [0.15, 0.2) is 4.47 Å². The smallest absolute Gasteiger partial charge is 0.0738 e. The van der Waals surface area contributed by atoms with E-state index in [-0.39, 0.29) is 11.6 Å². The summed E-state index contributed by atoms with van der Waals surface area (Å²) in [6, 6.07) is 0.0479. The number of aromatic nitrogens is 2. The highest BCUT2D eigenvalue weighted by Gasteiger charge is 2.35. The van der Waals surface area contributed by atoms with E-state index in [4.69, 9.17) is 10.5 Å². The summed E-state index contributed by atoms with van der Waals surface area (Å²) in [6.07, 6.45) is 0.808. The van der Waals surface area contributed by atoms with E-state index in [0.29, 0.717) is 0 Å². The van der Waals surface area contributed by atoms with E-state index in [1.54, 1.807) is 0 Å². The summed E-state index contributed by atoms with van der Waals surface area (Å²) in [4.78, 5) is 2.43. The Morgan fingerprint density at radius 3 is 2.50 bits per heavy atom. The maximum Gasteiger partial charge on any atom is 0.0738 e. The van der Waals surface area contributed by atoms with Crippen LogP contribution in [0.2, 0.25) is 0 Å². The minimum absolute atomic E-state index is 0.0479. The third-order valence-electron chi connectivity index (χ3n) is 4.41. The lowest BCUT2D eigenvalue weighted by atomic mass is 9.89. The zero-order valence-corrected chi connectivity index (χ0v) is 14.4. The molecule has 0 saturated carbocycles. The van der Waals surface area contributed by atoms with Crippen LogP contribution >= 0.6 is 15.9 Å². The lowest BCUT2D eigenvalue weighted by Crippen LogP contribution is -2.59. The number of ether oxygens (including phenoxy) is 1. The molecule has 6 heteroatoms. The summed E-state index contributed by atoms with van der Waals surface area (Å²) < 4.78 is 8.43. The molecule has 1 saturated heterocycles. The number of halogens is 1. The van der Waals surface area contributed by atoms with E-state index in [0.717, 1.165) is 48.6 Å². The summed E-state index contributed by atoms with van der Waals surface area (Å²) in [5.74, 6) is 0. The van der Waals surface area contributed by atoms with Gasteiger partial charge in [0.05, 0.1) is 29.1 Å². The van der Waals surface area contributed by atoms with Gasteiger partial charge in [0.15, 0.2) is 0 Å². The van der Waals surface area contributed by atoms with Crippen molar-refractivity contribution < 1.29 is 4.74 Å². The summed E-state index contributed by atoms with van der Waals surface area (Å²) in [7, 11) is 1.97. The zero-order chi connectivity index (χ0) is 14.9. The van der Waals surface area contributed by atoms with E-state index in [1.807, 2.05) is 18.7 Å². The van der Waals surface area contributed by atoms with Gasteiger partial charge in [-0.15, -0.1) is 0 Å². The number of aryl methyl sites for hydroxylation is 2. The van der Waals surface area contributed by atoms with E-state index in [1.165, 1.54) is 0 Å². The van der Waals surface area contributed by atoms with Gasteiger partial charge in [-0.05, 0) is 36.7 Å². The third kappa shape index (κ3) is 3.08. The fourth-order valence-corrected chi connectivity index (χ4v) is 3.23. The molecule has 1 aliphatic rings. The summed E-state index contributed by atoms with van der Waals surface area (Å²) >= 11 is 3.62. The van der Waals surface area contributed by atoms with Gasteiger partial charge in [-0.1, -0.05) is 0 Å². The Balaban J connectivity index is 2.11. The molecule has 1 atom stereocenters. The molecule has 1 aromatic heterocycles. The van der Waals surface area contributed by atoms with Crippen molar-refractivity contribution in [3.8, 4) is 0 Å². The Hall–Kier alpha value is -0.430. The van der Waals surface area contributed by atoms with E-state index in [2.05, 4.69) is 39.8 Å². The summed E-state index contributed by atoms with van der Waals surface area (Å²) in [5.41, 5.74) is 8.64. The molecular formula is C14H25BrN4O. The number of rotatable bonds is 4. The molecule has 5 nitrogen and oxygen atoms in total. The number of nitrogens with zero attached hydrogens (tertiary/aromatic N) is 3. The standard InChI is InChI=1S/C14H25BrN4O/c1-10-13(15)11(18(4)17-10)9-12(16)14(2,3)19-5-7-20-8-6-19/h12H,5-9,16H2,1-4H3. The van der Waals surface area contributed by atoms with Crippen LogP contribution in [0.4, 0.5) is 0 Å². The molecule has 114 valence electrons. The normalized spacial score (nSPS) is 19.3. The van der Waals surface area contributed by atoms with Gasteiger partial charge in [0.25, 0.3) is 0 Å². The molecule has 1 unspecified atom stereocenters. The quantitative estimate of drug-likeness (QED) is 0.898. The van der Waals surface area contributed by atoms with Gasteiger partial charge in [-0.25, -0.2) is 0 Å². The first kappa shape index (κ1) is 15.9. The molecule has 0 bridgehead atoms. The number of morpholine rings is 1. The summed E-state index contributed by atoms with van der Waals surface area (Å²) in [6.45, 7) is 9.94. The maximum atomic E-state index is 6.52. The van der Waals surface area contributed by atoms with Gasteiger partial charge in [-0.3, -0.25) is 9.58 Å². The topological polar surface area (TPSA) is 56.3 Å². The van der Waals surface area contributed by atoms with Gasteiger partial charge in [0, 0.05) is 38.1 Å². The highest BCUT2D eigenvalue weighted by molar-refractivity contribution is 9.10. The highest BCUT2D eigenvalue weighted by atomic mass is 79.9. The lowest BCUT2D eigenvalue weighted by molar-refractivity contribution is -0.0187.